The van der Waals surface area contributed by atoms with E-state index in [0.717, 1.165) is 49.8 Å². The van der Waals surface area contributed by atoms with Gasteiger partial charge in [-0.3, -0.25) is 38.4 Å². The van der Waals surface area contributed by atoms with E-state index in [1.165, 1.54) is 51.0 Å². The number of allylic oxidation sites excluding steroid dienone is 1. The first-order valence-corrected chi connectivity index (χ1v) is 27.8. The monoisotopic (exact) mass is 1100 g/mol. The van der Waals surface area contributed by atoms with Crippen molar-refractivity contribution in [2.45, 2.75) is 142 Å². The number of carbonyl (C=O) groups is 9. The van der Waals surface area contributed by atoms with Gasteiger partial charge < -0.3 is 50.3 Å². The van der Waals surface area contributed by atoms with Crippen LogP contribution < -0.4 is 16.0 Å². The van der Waals surface area contributed by atoms with E-state index in [9.17, 15) is 48.3 Å². The molecule has 0 spiro atoms. The molecular weight excluding hydrogens is 1020 g/mol. The highest BCUT2D eigenvalue weighted by molar-refractivity contribution is 5.95. The zero-order valence-electron chi connectivity index (χ0n) is 48.5. The van der Waals surface area contributed by atoms with Crippen LogP contribution in [0.1, 0.15) is 103 Å². The Balaban J connectivity index is 1.18. The van der Waals surface area contributed by atoms with Crippen LogP contribution in [0.3, 0.4) is 0 Å². The number of nitrogens with zero attached hydrogens (tertiary/aromatic N) is 5. The van der Waals surface area contributed by atoms with Crippen LogP contribution in [0.2, 0.25) is 0 Å². The third kappa shape index (κ3) is 17.5. The van der Waals surface area contributed by atoms with Gasteiger partial charge in [-0.1, -0.05) is 113 Å². The van der Waals surface area contributed by atoms with E-state index in [0.29, 0.717) is 38.6 Å². The standard InChI is InChI=1S/C61H84N8O11/c1-12-40(4)54(64-56(74)50-26-19-29-69(50)38-70)59(77)66(9)36-52(72)62-48(30-39(2)3)58(76)68(11)55(61(6,7)79)60(78)80-37-53(73)65(8)35-51(71)63-49(33-42-20-14-13-15-21-42)57(75)67(10)41(5)31-43-22-18-25-45(32-43)47-28-27-44-23-16-17-24-46(44)34-47/h13-15,17-18,20-22,24-25,27-28,32,34,38-41,48-50,54-55,79H,12,16,19,23,26,29-31,33,35-37H2,1-11H3,(H,62,72)(H,63,71)(H,64,74). The minimum atomic E-state index is -1.93. The molecule has 3 aromatic carbocycles. The number of hydrogen-bond acceptors (Lipinski definition) is 11. The highest BCUT2D eigenvalue weighted by Crippen LogP contribution is 2.28. The number of nitrogens with one attached hydrogen (secondary N) is 3. The van der Waals surface area contributed by atoms with Crippen LogP contribution in [0, 0.1) is 11.8 Å². The van der Waals surface area contributed by atoms with E-state index >= 15 is 0 Å². The molecule has 1 fully saturated rings. The normalized spacial score (nSPS) is 16.2. The fourth-order valence-electron chi connectivity index (χ4n) is 10.2. The Labute approximate surface area is 471 Å². The molecular formula is C61H84N8O11. The molecule has 1 heterocycles. The molecule has 19 heteroatoms. The highest BCUT2D eigenvalue weighted by Gasteiger charge is 2.43. The van der Waals surface area contributed by atoms with Crippen LogP contribution in [-0.4, -0.2) is 180 Å². The van der Waals surface area contributed by atoms with E-state index < -0.39 is 96.9 Å². The van der Waals surface area contributed by atoms with Crippen LogP contribution in [0.25, 0.3) is 17.2 Å². The summed E-state index contributed by atoms with van der Waals surface area (Å²) in [6.07, 6.45) is 9.48. The zero-order valence-corrected chi connectivity index (χ0v) is 48.5. The predicted octanol–water partition coefficient (Wildman–Crippen LogP) is 4.17. The highest BCUT2D eigenvalue weighted by atomic mass is 16.5. The summed E-state index contributed by atoms with van der Waals surface area (Å²) >= 11 is 0. The summed E-state index contributed by atoms with van der Waals surface area (Å²) < 4.78 is 5.41. The average Bonchev–Trinajstić information content (AvgIpc) is 3.97. The molecule has 7 atom stereocenters. The Morgan fingerprint density at radius 1 is 0.762 bits per heavy atom. The summed E-state index contributed by atoms with van der Waals surface area (Å²) in [6, 6.07) is 18.2. The molecule has 19 nitrogen and oxygen atoms in total. The number of hydrogen-bond donors (Lipinski definition) is 4. The lowest BCUT2D eigenvalue weighted by Crippen LogP contribution is -2.60. The Hall–Kier alpha value is -7.41. The van der Waals surface area contributed by atoms with Crippen molar-refractivity contribution >= 4 is 59.8 Å². The summed E-state index contributed by atoms with van der Waals surface area (Å²) in [4.78, 5) is 128. The second kappa shape index (κ2) is 29.2. The maximum Gasteiger partial charge on any atom is 0.332 e. The molecule has 1 saturated heterocycles. The summed E-state index contributed by atoms with van der Waals surface area (Å²) in [6.45, 7) is 10.4. The fourth-order valence-corrected chi connectivity index (χ4v) is 10.2. The molecule has 2 aliphatic rings. The first kappa shape index (κ1) is 63.4. The summed E-state index contributed by atoms with van der Waals surface area (Å²) in [7, 11) is 5.69. The van der Waals surface area contributed by atoms with Gasteiger partial charge in [0.15, 0.2) is 12.6 Å². The van der Waals surface area contributed by atoms with Gasteiger partial charge in [0.05, 0.1) is 18.7 Å². The number of likely N-dealkylation sites (N-methyl/N-ethyl adjacent to an activating group) is 4. The van der Waals surface area contributed by atoms with Crippen molar-refractivity contribution in [1.29, 1.82) is 0 Å². The zero-order chi connectivity index (χ0) is 59.0. The van der Waals surface area contributed by atoms with Gasteiger partial charge in [0.1, 0.15) is 24.2 Å². The Kier molecular flexibility index (Phi) is 23.1. The number of amides is 8. The number of rotatable bonds is 27. The quantitative estimate of drug-likeness (QED) is 0.0625. The van der Waals surface area contributed by atoms with Crippen molar-refractivity contribution in [3.63, 3.8) is 0 Å². The van der Waals surface area contributed by atoms with Gasteiger partial charge in [-0.15, -0.1) is 0 Å². The number of carbonyl (C=O) groups excluding carboxylic acids is 9. The van der Waals surface area contributed by atoms with E-state index in [4.69, 9.17) is 4.74 Å². The molecule has 4 N–H and O–H groups in total. The van der Waals surface area contributed by atoms with Crippen LogP contribution in [-0.2, 0) is 67.2 Å². The molecule has 1 aliphatic carbocycles. The second-order valence-electron chi connectivity index (χ2n) is 22.5. The van der Waals surface area contributed by atoms with Crippen molar-refractivity contribution in [2.75, 3.05) is 54.4 Å². The Morgan fingerprint density at radius 2 is 1.40 bits per heavy atom. The Morgan fingerprint density at radius 3 is 2.05 bits per heavy atom. The largest absolute Gasteiger partial charge is 0.454 e. The van der Waals surface area contributed by atoms with E-state index in [2.05, 4.69) is 58.4 Å². The molecule has 0 aromatic heterocycles. The van der Waals surface area contributed by atoms with Crippen molar-refractivity contribution in [1.82, 2.24) is 40.4 Å². The summed E-state index contributed by atoms with van der Waals surface area (Å²) in [5.41, 5.74) is 4.66. The van der Waals surface area contributed by atoms with Crippen LogP contribution >= 0.6 is 0 Å². The average molecular weight is 1110 g/mol. The van der Waals surface area contributed by atoms with Crippen LogP contribution in [0.15, 0.2) is 78.9 Å². The lowest BCUT2D eigenvalue weighted by molar-refractivity contribution is -0.167. The maximum absolute atomic E-state index is 14.3. The van der Waals surface area contributed by atoms with Crippen molar-refractivity contribution in [2.24, 2.45) is 11.8 Å². The number of esters is 1. The van der Waals surface area contributed by atoms with Crippen LogP contribution in [0.5, 0.6) is 0 Å². The number of likely N-dealkylation sites (tertiary alicyclic amines) is 1. The fraction of sp³-hybridized carbons (Fsp3) is 0.525. The van der Waals surface area contributed by atoms with E-state index in [-0.39, 0.29) is 36.6 Å². The smallest absolute Gasteiger partial charge is 0.332 e. The van der Waals surface area contributed by atoms with Gasteiger partial charge in [0.2, 0.25) is 41.9 Å². The van der Waals surface area contributed by atoms with Crippen molar-refractivity contribution < 1.29 is 53.0 Å². The van der Waals surface area contributed by atoms with Gasteiger partial charge in [-0.05, 0) is 111 Å². The van der Waals surface area contributed by atoms with Crippen LogP contribution in [0.4, 0.5) is 0 Å². The lowest BCUT2D eigenvalue weighted by Gasteiger charge is -2.37. The molecule has 80 heavy (non-hydrogen) atoms. The van der Waals surface area contributed by atoms with Gasteiger partial charge in [0, 0.05) is 47.2 Å². The van der Waals surface area contributed by atoms with Gasteiger partial charge >= 0.3 is 5.97 Å². The first-order chi connectivity index (χ1) is 37.8. The third-order valence-corrected chi connectivity index (χ3v) is 15.1. The summed E-state index contributed by atoms with van der Waals surface area (Å²) in [5.74, 6) is -5.86. The Bertz CT molecular complexity index is 2710. The van der Waals surface area contributed by atoms with Crippen molar-refractivity contribution in [3.05, 3.63) is 101 Å². The molecule has 434 valence electrons. The molecule has 8 amide bonds. The van der Waals surface area contributed by atoms with E-state index in [1.54, 1.807) is 18.9 Å². The number of ether oxygens (including phenoxy) is 1. The topological polar surface area (TPSA) is 235 Å². The minimum Gasteiger partial charge on any atom is -0.454 e. The van der Waals surface area contributed by atoms with Crippen molar-refractivity contribution in [3.8, 4) is 11.1 Å². The molecule has 0 saturated carbocycles. The molecule has 7 unspecified atom stereocenters. The molecule has 5 rings (SSSR count). The lowest BCUT2D eigenvalue weighted by atomic mass is 9.92. The second-order valence-corrected chi connectivity index (χ2v) is 22.5. The number of fused-ring (bicyclic) bond motifs is 1. The van der Waals surface area contributed by atoms with E-state index in [1.807, 2.05) is 70.2 Å². The number of aryl methyl sites for hydroxylation is 1. The molecule has 3 aromatic rings. The summed E-state index contributed by atoms with van der Waals surface area (Å²) in [5, 5.41) is 19.6. The molecule has 0 radical (unpaired) electrons. The maximum atomic E-state index is 14.3. The van der Waals surface area contributed by atoms with Gasteiger partial charge in [-0.25, -0.2) is 4.79 Å². The molecule has 1 aliphatic heterocycles. The number of aliphatic hydroxyl groups is 1. The van der Waals surface area contributed by atoms with Gasteiger partial charge in [-0.2, -0.15) is 0 Å². The minimum absolute atomic E-state index is 0.0992. The SMILES string of the molecule is CCC(C)C(NC(=O)C1CCCN1C=O)C(=O)N(C)CC(=O)NC(CC(C)C)C(=O)N(C)C(C(=O)OCC(=O)N(C)CC(=O)NC(Cc1ccccc1)C(=O)N(C)C(C)Cc1cccc(-c2ccc3c(c2)C=CCC3)c1)C(C)(C)O. The third-order valence-electron chi connectivity index (χ3n) is 15.1. The first-order valence-electron chi connectivity index (χ1n) is 27.8. The number of benzene rings is 3. The molecule has 0 bridgehead atoms. The predicted molar refractivity (Wildman–Crippen MR) is 305 cm³/mol. The van der Waals surface area contributed by atoms with Gasteiger partial charge in [0.25, 0.3) is 5.91 Å².